The fourth-order valence-electron chi connectivity index (χ4n) is 2.00. The first kappa shape index (κ1) is 14.5. The Kier molecular flexibility index (Phi) is 3.88. The number of aromatic nitrogens is 2. The molecule has 0 aliphatic rings. The molecule has 1 aromatic heterocycles. The van der Waals surface area contributed by atoms with Crippen molar-refractivity contribution in [3.05, 3.63) is 50.8 Å². The maximum Gasteiger partial charge on any atom is 0.293 e. The summed E-state index contributed by atoms with van der Waals surface area (Å²) in [6, 6.07) is 4.09. The second-order valence-corrected chi connectivity index (χ2v) is 4.62. The van der Waals surface area contributed by atoms with Gasteiger partial charge in [-0.25, -0.2) is 0 Å². The van der Waals surface area contributed by atoms with Gasteiger partial charge in [-0.15, -0.1) is 0 Å². The number of aryl methyl sites for hydroxylation is 2. The summed E-state index contributed by atoms with van der Waals surface area (Å²) in [4.78, 5) is 21.6. The molecule has 1 amide bonds. The highest BCUT2D eigenvalue weighted by Gasteiger charge is 2.17. The molecule has 4 N–H and O–H groups in total. The summed E-state index contributed by atoms with van der Waals surface area (Å²) in [7, 11) is 0. The summed E-state index contributed by atoms with van der Waals surface area (Å²) in [5, 5.41) is 21.0. The molecule has 1 heterocycles. The number of rotatable bonds is 5. The van der Waals surface area contributed by atoms with Gasteiger partial charge < -0.3 is 11.1 Å². The summed E-state index contributed by atoms with van der Waals surface area (Å²) in [6.07, 6.45) is 0. The molecule has 0 unspecified atom stereocenters. The largest absolute Gasteiger partial charge is 0.375 e. The summed E-state index contributed by atoms with van der Waals surface area (Å²) in [6.45, 7) is 4.12. The average Bonchev–Trinajstić information content (AvgIpc) is 2.75. The number of aromatic amines is 1. The van der Waals surface area contributed by atoms with Gasteiger partial charge in [0, 0.05) is 29.4 Å². The van der Waals surface area contributed by atoms with Crippen LogP contribution in [0.25, 0.3) is 0 Å². The highest BCUT2D eigenvalue weighted by molar-refractivity contribution is 5.94. The van der Waals surface area contributed by atoms with Gasteiger partial charge in [0.15, 0.2) is 0 Å². The summed E-state index contributed by atoms with van der Waals surface area (Å²) in [5.74, 6) is -0.703. The second-order valence-electron chi connectivity index (χ2n) is 4.62. The second kappa shape index (κ2) is 5.61. The summed E-state index contributed by atoms with van der Waals surface area (Å²) >= 11 is 0. The predicted molar refractivity (Wildman–Crippen MR) is 77.0 cm³/mol. The number of nitro benzene ring substituents is 1. The van der Waals surface area contributed by atoms with Gasteiger partial charge in [-0.3, -0.25) is 20.0 Å². The smallest absolute Gasteiger partial charge is 0.293 e. The molecule has 0 saturated carbocycles. The van der Waals surface area contributed by atoms with Crippen molar-refractivity contribution in [1.82, 2.24) is 10.2 Å². The molecule has 1 aromatic carbocycles. The molecule has 0 aliphatic carbocycles. The van der Waals surface area contributed by atoms with Crippen molar-refractivity contribution >= 4 is 17.3 Å². The number of benzene rings is 1. The molecule has 110 valence electrons. The number of nitrogens with two attached hydrogens (primary N) is 1. The van der Waals surface area contributed by atoms with Gasteiger partial charge in [0.2, 0.25) is 5.91 Å². The number of hydrogen-bond donors (Lipinski definition) is 3. The maximum absolute atomic E-state index is 11.1. The van der Waals surface area contributed by atoms with Crippen LogP contribution in [-0.4, -0.2) is 21.0 Å². The summed E-state index contributed by atoms with van der Waals surface area (Å²) < 4.78 is 0. The number of nitrogens with one attached hydrogen (secondary N) is 2. The third-order valence-corrected chi connectivity index (χ3v) is 3.22. The molecule has 21 heavy (non-hydrogen) atoms. The number of carbonyl (C=O) groups is 1. The van der Waals surface area contributed by atoms with E-state index in [-0.39, 0.29) is 11.3 Å². The SMILES string of the molecule is Cc1n[nH]c(C)c1CNc1ccc(C(N)=O)cc1[N+](=O)[O-]. The first-order chi connectivity index (χ1) is 9.90. The van der Waals surface area contributed by atoms with Gasteiger partial charge in [-0.05, 0) is 26.0 Å². The van der Waals surface area contributed by atoms with Gasteiger partial charge >= 0.3 is 0 Å². The normalized spacial score (nSPS) is 10.4. The van der Waals surface area contributed by atoms with Gasteiger partial charge in [-0.1, -0.05) is 0 Å². The Balaban J connectivity index is 2.28. The lowest BCUT2D eigenvalue weighted by atomic mass is 10.1. The Labute approximate surface area is 120 Å². The van der Waals surface area contributed by atoms with Crippen LogP contribution in [-0.2, 0) is 6.54 Å². The van der Waals surface area contributed by atoms with Crippen LogP contribution in [0.15, 0.2) is 18.2 Å². The highest BCUT2D eigenvalue weighted by Crippen LogP contribution is 2.26. The first-order valence-electron chi connectivity index (χ1n) is 6.22. The highest BCUT2D eigenvalue weighted by atomic mass is 16.6. The third kappa shape index (κ3) is 2.99. The van der Waals surface area contributed by atoms with Crippen molar-refractivity contribution in [2.45, 2.75) is 20.4 Å². The van der Waals surface area contributed by atoms with Crippen molar-refractivity contribution in [2.75, 3.05) is 5.32 Å². The Morgan fingerprint density at radius 2 is 2.19 bits per heavy atom. The number of amides is 1. The third-order valence-electron chi connectivity index (χ3n) is 3.22. The van der Waals surface area contributed by atoms with Crippen LogP contribution >= 0.6 is 0 Å². The zero-order valence-corrected chi connectivity index (χ0v) is 11.6. The van der Waals surface area contributed by atoms with Crippen LogP contribution in [0.4, 0.5) is 11.4 Å². The van der Waals surface area contributed by atoms with E-state index >= 15 is 0 Å². The van der Waals surface area contributed by atoms with E-state index in [0.29, 0.717) is 12.2 Å². The van der Waals surface area contributed by atoms with E-state index in [1.54, 1.807) is 0 Å². The fourth-order valence-corrected chi connectivity index (χ4v) is 2.00. The molecule has 8 nitrogen and oxygen atoms in total. The Bertz CT molecular complexity index is 688. The molecule has 0 aliphatic heterocycles. The quantitative estimate of drug-likeness (QED) is 0.569. The van der Waals surface area contributed by atoms with Crippen LogP contribution < -0.4 is 11.1 Å². The van der Waals surface area contributed by atoms with Crippen LogP contribution in [0.3, 0.4) is 0 Å². The van der Waals surface area contributed by atoms with Gasteiger partial charge in [-0.2, -0.15) is 5.10 Å². The predicted octanol–water partition coefficient (Wildman–Crippen LogP) is 1.65. The molecule has 8 heteroatoms. The van der Waals surface area contributed by atoms with E-state index < -0.39 is 10.8 Å². The van der Waals surface area contributed by atoms with Crippen molar-refractivity contribution in [3.63, 3.8) is 0 Å². The number of anilines is 1. The van der Waals surface area contributed by atoms with E-state index in [2.05, 4.69) is 15.5 Å². The maximum atomic E-state index is 11.1. The van der Waals surface area contributed by atoms with E-state index in [1.807, 2.05) is 13.8 Å². The van der Waals surface area contributed by atoms with Crippen molar-refractivity contribution in [2.24, 2.45) is 5.73 Å². The number of primary amides is 1. The van der Waals surface area contributed by atoms with Crippen LogP contribution in [0, 0.1) is 24.0 Å². The van der Waals surface area contributed by atoms with Crippen molar-refractivity contribution < 1.29 is 9.72 Å². The first-order valence-corrected chi connectivity index (χ1v) is 6.22. The number of carbonyl (C=O) groups excluding carboxylic acids is 1. The topological polar surface area (TPSA) is 127 Å². The van der Waals surface area contributed by atoms with Gasteiger partial charge in [0.25, 0.3) is 5.69 Å². The molecule has 0 spiro atoms. The molecule has 0 fully saturated rings. The molecule has 0 radical (unpaired) electrons. The molecular formula is C13H15N5O3. The lowest BCUT2D eigenvalue weighted by molar-refractivity contribution is -0.384. The molecule has 0 atom stereocenters. The summed E-state index contributed by atoms with van der Waals surface area (Å²) in [5.41, 5.74) is 8.04. The molecule has 2 aromatic rings. The number of H-pyrrole nitrogens is 1. The average molecular weight is 289 g/mol. The molecule has 0 bridgehead atoms. The van der Waals surface area contributed by atoms with Crippen LogP contribution in [0.2, 0.25) is 0 Å². The zero-order chi connectivity index (χ0) is 15.6. The Hall–Kier alpha value is -2.90. The molecule has 0 saturated heterocycles. The van der Waals surface area contributed by atoms with Crippen molar-refractivity contribution in [3.8, 4) is 0 Å². The number of nitrogens with zero attached hydrogens (tertiary/aromatic N) is 2. The lowest BCUT2D eigenvalue weighted by Gasteiger charge is -2.08. The van der Waals surface area contributed by atoms with E-state index in [4.69, 9.17) is 5.73 Å². The minimum absolute atomic E-state index is 0.0999. The van der Waals surface area contributed by atoms with Crippen LogP contribution in [0.1, 0.15) is 27.3 Å². The number of nitro groups is 1. The Morgan fingerprint density at radius 1 is 1.48 bits per heavy atom. The molecule has 2 rings (SSSR count). The standard InChI is InChI=1S/C13H15N5O3/c1-7-10(8(2)17-16-7)6-15-11-4-3-9(13(14)19)5-12(11)18(20)21/h3-5,15H,6H2,1-2H3,(H2,14,19)(H,16,17). The van der Waals surface area contributed by atoms with E-state index in [0.717, 1.165) is 17.0 Å². The van der Waals surface area contributed by atoms with Crippen molar-refractivity contribution in [1.29, 1.82) is 0 Å². The van der Waals surface area contributed by atoms with Crippen LogP contribution in [0.5, 0.6) is 0 Å². The monoisotopic (exact) mass is 289 g/mol. The Morgan fingerprint density at radius 3 is 2.71 bits per heavy atom. The van der Waals surface area contributed by atoms with E-state index in [9.17, 15) is 14.9 Å². The van der Waals surface area contributed by atoms with E-state index in [1.165, 1.54) is 18.2 Å². The molecular weight excluding hydrogens is 274 g/mol. The lowest BCUT2D eigenvalue weighted by Crippen LogP contribution is -2.12. The fraction of sp³-hybridized carbons (Fsp3) is 0.231. The van der Waals surface area contributed by atoms with Gasteiger partial charge in [0.1, 0.15) is 5.69 Å². The zero-order valence-electron chi connectivity index (χ0n) is 11.6. The minimum atomic E-state index is -0.703. The minimum Gasteiger partial charge on any atom is -0.375 e. The van der Waals surface area contributed by atoms with Gasteiger partial charge in [0.05, 0.1) is 10.6 Å². The number of hydrogen-bond acceptors (Lipinski definition) is 5.